The van der Waals surface area contributed by atoms with Crippen molar-refractivity contribution >= 4 is 5.97 Å². The summed E-state index contributed by atoms with van der Waals surface area (Å²) in [5.74, 6) is -0.826. The lowest BCUT2D eigenvalue weighted by Gasteiger charge is -2.27. The fourth-order valence-corrected chi connectivity index (χ4v) is 2.76. The minimum atomic E-state index is -0.826. The van der Waals surface area contributed by atoms with Crippen molar-refractivity contribution in [3.05, 3.63) is 18.2 Å². The van der Waals surface area contributed by atoms with E-state index in [0.717, 1.165) is 18.5 Å². The summed E-state index contributed by atoms with van der Waals surface area (Å²) in [6.07, 6.45) is 9.15. The molecule has 1 unspecified atom stereocenters. The molecule has 0 amide bonds. The van der Waals surface area contributed by atoms with Crippen LogP contribution < -0.4 is 5.32 Å². The van der Waals surface area contributed by atoms with E-state index in [2.05, 4.69) is 10.3 Å². The first-order chi connectivity index (χ1) is 9.09. The van der Waals surface area contributed by atoms with E-state index >= 15 is 0 Å². The molecule has 1 saturated carbocycles. The van der Waals surface area contributed by atoms with Gasteiger partial charge >= 0.3 is 5.97 Å². The number of hydrogen-bond acceptors (Lipinski definition) is 3. The predicted octanol–water partition coefficient (Wildman–Crippen LogP) is 2.51. The summed E-state index contributed by atoms with van der Waals surface area (Å²) in [5.41, 5.74) is 0.744. The largest absolute Gasteiger partial charge is 0.480 e. The van der Waals surface area contributed by atoms with Crippen molar-refractivity contribution in [2.24, 2.45) is 0 Å². The maximum atomic E-state index is 11.5. The van der Waals surface area contributed by atoms with E-state index in [9.17, 15) is 9.90 Å². The molecule has 19 heavy (non-hydrogen) atoms. The van der Waals surface area contributed by atoms with Crippen LogP contribution in [-0.4, -0.2) is 26.7 Å². The first kappa shape index (κ1) is 14.1. The van der Waals surface area contributed by atoms with Gasteiger partial charge in [-0.3, -0.25) is 10.1 Å². The summed E-state index contributed by atoms with van der Waals surface area (Å²) in [5, 5.41) is 12.8. The molecule has 0 spiro atoms. The third-order valence-corrected chi connectivity index (χ3v) is 3.80. The molecule has 106 valence electrons. The lowest BCUT2D eigenvalue weighted by molar-refractivity contribution is -0.140. The summed E-state index contributed by atoms with van der Waals surface area (Å²) < 4.78 is 1.93. The SMILES string of the molecule is CC(C)n1cncc1C(NC1CCCCC1)C(=O)O. The van der Waals surface area contributed by atoms with Gasteiger partial charge in [-0.15, -0.1) is 0 Å². The Morgan fingerprint density at radius 2 is 2.11 bits per heavy atom. The normalized spacial score (nSPS) is 18.7. The zero-order valence-corrected chi connectivity index (χ0v) is 11.7. The van der Waals surface area contributed by atoms with Crippen molar-refractivity contribution in [2.75, 3.05) is 0 Å². The molecule has 1 aromatic rings. The molecular formula is C14H23N3O2. The smallest absolute Gasteiger partial charge is 0.326 e. The molecule has 0 aliphatic heterocycles. The third kappa shape index (κ3) is 3.35. The van der Waals surface area contributed by atoms with E-state index in [1.54, 1.807) is 12.5 Å². The van der Waals surface area contributed by atoms with Crippen molar-refractivity contribution in [3.8, 4) is 0 Å². The van der Waals surface area contributed by atoms with Crippen LogP contribution in [0.1, 0.15) is 63.7 Å². The van der Waals surface area contributed by atoms with Gasteiger partial charge in [0.2, 0.25) is 0 Å². The molecule has 0 bridgehead atoms. The summed E-state index contributed by atoms with van der Waals surface area (Å²) in [6.45, 7) is 4.06. The van der Waals surface area contributed by atoms with Crippen molar-refractivity contribution in [1.29, 1.82) is 0 Å². The van der Waals surface area contributed by atoms with Crippen LogP contribution in [-0.2, 0) is 4.79 Å². The number of aromatic nitrogens is 2. The molecule has 0 saturated heterocycles. The average molecular weight is 265 g/mol. The zero-order valence-electron chi connectivity index (χ0n) is 11.7. The van der Waals surface area contributed by atoms with E-state index in [-0.39, 0.29) is 6.04 Å². The number of nitrogens with zero attached hydrogens (tertiary/aromatic N) is 2. The van der Waals surface area contributed by atoms with Gasteiger partial charge in [0, 0.05) is 12.1 Å². The van der Waals surface area contributed by atoms with Crippen LogP contribution in [0.25, 0.3) is 0 Å². The minimum Gasteiger partial charge on any atom is -0.480 e. The molecule has 1 atom stereocenters. The minimum absolute atomic E-state index is 0.215. The Balaban J connectivity index is 2.14. The molecule has 1 aromatic heterocycles. The maximum Gasteiger partial charge on any atom is 0.326 e. The van der Waals surface area contributed by atoms with Gasteiger partial charge in [-0.1, -0.05) is 19.3 Å². The molecule has 1 aliphatic rings. The summed E-state index contributed by atoms with van der Waals surface area (Å²) in [4.78, 5) is 15.6. The van der Waals surface area contributed by atoms with Gasteiger partial charge < -0.3 is 9.67 Å². The summed E-state index contributed by atoms with van der Waals surface area (Å²) in [7, 11) is 0. The molecule has 0 aromatic carbocycles. The summed E-state index contributed by atoms with van der Waals surface area (Å²) >= 11 is 0. The standard InChI is InChI=1S/C14H23N3O2/c1-10(2)17-9-15-8-12(17)13(14(18)19)16-11-6-4-3-5-7-11/h8-11,13,16H,3-7H2,1-2H3,(H,18,19). The molecule has 1 heterocycles. The Morgan fingerprint density at radius 1 is 1.42 bits per heavy atom. The number of carboxylic acids is 1. The lowest BCUT2D eigenvalue weighted by Crippen LogP contribution is -2.39. The number of imidazole rings is 1. The van der Waals surface area contributed by atoms with Crippen molar-refractivity contribution in [3.63, 3.8) is 0 Å². The van der Waals surface area contributed by atoms with Gasteiger partial charge in [0.25, 0.3) is 0 Å². The molecule has 5 heteroatoms. The second-order valence-electron chi connectivity index (χ2n) is 5.59. The number of carbonyl (C=O) groups is 1. The predicted molar refractivity (Wildman–Crippen MR) is 73.0 cm³/mol. The summed E-state index contributed by atoms with van der Waals surface area (Å²) in [6, 6.07) is -0.133. The quantitative estimate of drug-likeness (QED) is 0.858. The third-order valence-electron chi connectivity index (χ3n) is 3.80. The van der Waals surface area contributed by atoms with Crippen LogP contribution in [0, 0.1) is 0 Å². The number of hydrogen-bond donors (Lipinski definition) is 2. The van der Waals surface area contributed by atoms with Crippen molar-refractivity contribution in [2.45, 2.75) is 64.1 Å². The Bertz CT molecular complexity index is 422. The Labute approximate surface area is 114 Å². The average Bonchev–Trinajstić information content (AvgIpc) is 2.86. The molecule has 2 N–H and O–H groups in total. The highest BCUT2D eigenvalue weighted by atomic mass is 16.4. The van der Waals surface area contributed by atoms with Crippen molar-refractivity contribution in [1.82, 2.24) is 14.9 Å². The van der Waals surface area contributed by atoms with E-state index < -0.39 is 12.0 Å². The van der Waals surface area contributed by atoms with Gasteiger partial charge in [-0.2, -0.15) is 0 Å². The molecule has 5 nitrogen and oxygen atoms in total. The van der Waals surface area contributed by atoms with Crippen molar-refractivity contribution < 1.29 is 9.90 Å². The number of rotatable bonds is 5. The molecule has 1 aliphatic carbocycles. The van der Waals surface area contributed by atoms with E-state index in [1.165, 1.54) is 19.3 Å². The van der Waals surface area contributed by atoms with Crippen LogP contribution in [0.15, 0.2) is 12.5 Å². The Hall–Kier alpha value is -1.36. The van der Waals surface area contributed by atoms with Crippen LogP contribution in [0.2, 0.25) is 0 Å². The van der Waals surface area contributed by atoms with Gasteiger partial charge in [-0.05, 0) is 26.7 Å². The Morgan fingerprint density at radius 3 is 2.68 bits per heavy atom. The zero-order chi connectivity index (χ0) is 13.8. The highest BCUT2D eigenvalue weighted by molar-refractivity contribution is 5.75. The first-order valence-electron chi connectivity index (χ1n) is 7.10. The molecule has 1 fully saturated rings. The maximum absolute atomic E-state index is 11.5. The second kappa shape index (κ2) is 6.19. The Kier molecular flexibility index (Phi) is 4.58. The van der Waals surface area contributed by atoms with E-state index in [1.807, 2.05) is 18.4 Å². The van der Waals surface area contributed by atoms with Gasteiger partial charge in [0.15, 0.2) is 0 Å². The molecule has 0 radical (unpaired) electrons. The molecular weight excluding hydrogens is 242 g/mol. The number of carboxylic acid groups (broad SMARTS) is 1. The van der Waals surface area contributed by atoms with Crippen LogP contribution in [0.4, 0.5) is 0 Å². The van der Waals surface area contributed by atoms with E-state index in [0.29, 0.717) is 6.04 Å². The number of aliphatic carboxylic acids is 1. The van der Waals surface area contributed by atoms with Crippen LogP contribution in [0.3, 0.4) is 0 Å². The lowest BCUT2D eigenvalue weighted by atomic mass is 9.94. The van der Waals surface area contributed by atoms with Crippen LogP contribution in [0.5, 0.6) is 0 Å². The van der Waals surface area contributed by atoms with Gasteiger partial charge in [0.1, 0.15) is 6.04 Å². The topological polar surface area (TPSA) is 67.2 Å². The van der Waals surface area contributed by atoms with Crippen LogP contribution >= 0.6 is 0 Å². The van der Waals surface area contributed by atoms with E-state index in [4.69, 9.17) is 0 Å². The fourth-order valence-electron chi connectivity index (χ4n) is 2.76. The monoisotopic (exact) mass is 265 g/mol. The number of nitrogens with one attached hydrogen (secondary N) is 1. The molecule has 2 rings (SSSR count). The first-order valence-corrected chi connectivity index (χ1v) is 7.10. The van der Waals surface area contributed by atoms with Gasteiger partial charge in [-0.25, -0.2) is 4.98 Å². The fraction of sp³-hybridized carbons (Fsp3) is 0.714. The second-order valence-corrected chi connectivity index (χ2v) is 5.59. The highest BCUT2D eigenvalue weighted by Crippen LogP contribution is 2.23. The van der Waals surface area contributed by atoms with Gasteiger partial charge in [0.05, 0.1) is 18.2 Å². The highest BCUT2D eigenvalue weighted by Gasteiger charge is 2.27.